The van der Waals surface area contributed by atoms with Crippen LogP contribution >= 0.6 is 0 Å². The molecule has 10 aromatic carbocycles. The van der Waals surface area contributed by atoms with Gasteiger partial charge in [0.15, 0.2) is 0 Å². The van der Waals surface area contributed by atoms with Gasteiger partial charge in [-0.1, -0.05) is 194 Å². The molecule has 0 N–H and O–H groups in total. The van der Waals surface area contributed by atoms with E-state index in [-0.39, 0.29) is 0 Å². The van der Waals surface area contributed by atoms with Crippen molar-refractivity contribution >= 4 is 39.0 Å². The number of fused-ring (bicyclic) bond motifs is 13. The van der Waals surface area contributed by atoms with E-state index in [0.29, 0.717) is 0 Å². The van der Waals surface area contributed by atoms with Crippen LogP contribution in [0, 0.1) is 0 Å². The Morgan fingerprint density at radius 2 is 0.778 bits per heavy atom. The fourth-order valence-electron chi connectivity index (χ4n) is 10.8. The summed E-state index contributed by atoms with van der Waals surface area (Å²) >= 11 is 0. The van der Waals surface area contributed by atoms with E-state index in [4.69, 9.17) is 4.42 Å². The Hall–Kier alpha value is -8.20. The second kappa shape index (κ2) is 13.9. The van der Waals surface area contributed by atoms with Crippen LogP contribution in [-0.4, -0.2) is 0 Å². The molecule has 0 bridgehead atoms. The molecule has 1 heterocycles. The zero-order chi connectivity index (χ0) is 41.5. The number of nitrogens with zero attached hydrogens (tertiary/aromatic N) is 1. The zero-order valence-electron chi connectivity index (χ0n) is 34.4. The molecule has 0 unspecified atom stereocenters. The molecule has 11 aromatic rings. The number of para-hydroxylation sites is 2. The Morgan fingerprint density at radius 3 is 1.43 bits per heavy atom. The van der Waals surface area contributed by atoms with Gasteiger partial charge in [0.2, 0.25) is 0 Å². The quantitative estimate of drug-likeness (QED) is 0.167. The number of furan rings is 1. The van der Waals surface area contributed by atoms with Gasteiger partial charge in [-0.2, -0.15) is 0 Å². The molecule has 0 aliphatic heterocycles. The number of anilines is 3. The molecule has 2 nitrogen and oxygen atoms in total. The highest BCUT2D eigenvalue weighted by Crippen LogP contribution is 2.65. The van der Waals surface area contributed by atoms with E-state index in [1.165, 1.54) is 72.3 Å². The van der Waals surface area contributed by atoms with Crippen molar-refractivity contribution in [3.05, 3.63) is 259 Å². The van der Waals surface area contributed by atoms with E-state index in [1.54, 1.807) is 0 Å². The summed E-state index contributed by atoms with van der Waals surface area (Å²) in [6.45, 7) is 0. The highest BCUT2D eigenvalue weighted by Gasteiger charge is 2.52. The second-order valence-corrected chi connectivity index (χ2v) is 16.7. The monoisotopic (exact) mass is 801 g/mol. The van der Waals surface area contributed by atoms with Gasteiger partial charge < -0.3 is 9.32 Å². The fraction of sp³-hybridized carbons (Fsp3) is 0.0164. The third kappa shape index (κ3) is 5.25. The molecular formula is C61H39NO. The van der Waals surface area contributed by atoms with Crippen LogP contribution in [0.15, 0.2) is 241 Å². The van der Waals surface area contributed by atoms with Crippen molar-refractivity contribution < 1.29 is 4.42 Å². The average molecular weight is 802 g/mol. The van der Waals surface area contributed by atoms with Crippen LogP contribution in [0.1, 0.15) is 22.3 Å². The minimum atomic E-state index is -0.550. The third-order valence-corrected chi connectivity index (χ3v) is 13.5. The van der Waals surface area contributed by atoms with E-state index in [1.807, 2.05) is 0 Å². The Bertz CT molecular complexity index is 3420. The van der Waals surface area contributed by atoms with Crippen molar-refractivity contribution in [1.29, 1.82) is 0 Å². The molecule has 2 aliphatic carbocycles. The fourth-order valence-corrected chi connectivity index (χ4v) is 10.8. The molecule has 294 valence electrons. The van der Waals surface area contributed by atoms with Crippen LogP contribution in [0.4, 0.5) is 17.1 Å². The molecule has 0 amide bonds. The van der Waals surface area contributed by atoms with Crippen LogP contribution in [0.3, 0.4) is 0 Å². The van der Waals surface area contributed by atoms with Crippen molar-refractivity contribution in [1.82, 2.24) is 0 Å². The van der Waals surface area contributed by atoms with Gasteiger partial charge in [-0.15, -0.1) is 0 Å². The largest absolute Gasteiger partial charge is 0.455 e. The maximum absolute atomic E-state index is 6.73. The Labute approximate surface area is 366 Å². The van der Waals surface area contributed by atoms with Crippen molar-refractivity contribution in [2.24, 2.45) is 0 Å². The molecule has 2 heteroatoms. The summed E-state index contributed by atoms with van der Waals surface area (Å²) in [7, 11) is 0. The number of benzene rings is 10. The summed E-state index contributed by atoms with van der Waals surface area (Å²) in [6, 6.07) is 86.4. The standard InChI is InChI=1S/C61H39NO/c1-3-15-40(16-4-1)42-29-33-44(34-30-42)62(45-35-31-43(32-36-45)41-17-5-2-6-18-41)46-37-38-53-57(39-46)61(54-25-10-7-19-47(54)48-20-8-11-26-55(48)61)56-27-14-22-50(59(53)56)52-24-13-23-51-49-21-9-12-28-58(49)63-60(51)52/h1-39H. The smallest absolute Gasteiger partial charge is 0.143 e. The highest BCUT2D eigenvalue weighted by atomic mass is 16.3. The van der Waals surface area contributed by atoms with Crippen molar-refractivity contribution in [3.8, 4) is 55.6 Å². The lowest BCUT2D eigenvalue weighted by Gasteiger charge is -2.32. The van der Waals surface area contributed by atoms with Gasteiger partial charge in [0.25, 0.3) is 0 Å². The van der Waals surface area contributed by atoms with Gasteiger partial charge in [0.1, 0.15) is 11.2 Å². The van der Waals surface area contributed by atoms with Crippen LogP contribution < -0.4 is 4.90 Å². The molecule has 0 saturated carbocycles. The van der Waals surface area contributed by atoms with Crippen molar-refractivity contribution in [2.45, 2.75) is 5.41 Å². The van der Waals surface area contributed by atoms with Crippen LogP contribution in [0.5, 0.6) is 0 Å². The number of rotatable bonds is 6. The van der Waals surface area contributed by atoms with Crippen molar-refractivity contribution in [3.63, 3.8) is 0 Å². The molecule has 13 rings (SSSR count). The topological polar surface area (TPSA) is 16.4 Å². The molecule has 63 heavy (non-hydrogen) atoms. The summed E-state index contributed by atoms with van der Waals surface area (Å²) in [6.07, 6.45) is 0. The van der Waals surface area contributed by atoms with Gasteiger partial charge in [-0.25, -0.2) is 0 Å². The van der Waals surface area contributed by atoms with Crippen LogP contribution in [0.25, 0.3) is 77.6 Å². The summed E-state index contributed by atoms with van der Waals surface area (Å²) < 4.78 is 6.73. The molecule has 0 atom stereocenters. The van der Waals surface area contributed by atoms with Crippen LogP contribution in [0.2, 0.25) is 0 Å². The lowest BCUT2D eigenvalue weighted by molar-refractivity contribution is 0.670. The normalized spacial score (nSPS) is 12.9. The van der Waals surface area contributed by atoms with Gasteiger partial charge in [-0.3, -0.25) is 0 Å². The van der Waals surface area contributed by atoms with E-state index >= 15 is 0 Å². The summed E-state index contributed by atoms with van der Waals surface area (Å²) in [5, 5.41) is 2.27. The molecule has 0 radical (unpaired) electrons. The van der Waals surface area contributed by atoms with Gasteiger partial charge >= 0.3 is 0 Å². The van der Waals surface area contributed by atoms with Gasteiger partial charge in [0, 0.05) is 33.4 Å². The lowest BCUT2D eigenvalue weighted by atomic mass is 9.70. The maximum atomic E-state index is 6.73. The zero-order valence-corrected chi connectivity index (χ0v) is 34.4. The first-order valence-electron chi connectivity index (χ1n) is 21.8. The highest BCUT2D eigenvalue weighted by molar-refractivity contribution is 6.12. The molecule has 0 fully saturated rings. The first kappa shape index (κ1) is 35.5. The summed E-state index contributed by atoms with van der Waals surface area (Å²) in [5.74, 6) is 0. The first-order chi connectivity index (χ1) is 31.3. The lowest BCUT2D eigenvalue weighted by Crippen LogP contribution is -2.26. The number of hydrogen-bond donors (Lipinski definition) is 0. The van der Waals surface area contributed by atoms with Crippen molar-refractivity contribution in [2.75, 3.05) is 4.90 Å². The SMILES string of the molecule is c1ccc(-c2ccc(N(c3ccc(-c4ccccc4)cc3)c3ccc4c(c3)C3(c5ccccc5-c5ccccc53)c3cccc(-c5cccc6c5oc5ccccc56)c3-4)cc2)cc1. The predicted octanol–water partition coefficient (Wildman–Crippen LogP) is 16.4. The van der Waals surface area contributed by atoms with Crippen LogP contribution in [-0.2, 0) is 5.41 Å². The molecular weight excluding hydrogens is 763 g/mol. The Kier molecular flexibility index (Phi) is 7.85. The van der Waals surface area contributed by atoms with E-state index in [9.17, 15) is 0 Å². The van der Waals surface area contributed by atoms with Gasteiger partial charge in [0.05, 0.1) is 5.41 Å². The minimum Gasteiger partial charge on any atom is -0.455 e. The molecule has 0 saturated heterocycles. The van der Waals surface area contributed by atoms with Gasteiger partial charge in [-0.05, 0) is 115 Å². The van der Waals surface area contributed by atoms with E-state index in [0.717, 1.165) is 44.6 Å². The van der Waals surface area contributed by atoms with E-state index < -0.39 is 5.41 Å². The summed E-state index contributed by atoms with van der Waals surface area (Å²) in [4.78, 5) is 2.42. The molecule has 1 spiro atoms. The molecule has 2 aliphatic rings. The Morgan fingerprint density at radius 1 is 0.302 bits per heavy atom. The second-order valence-electron chi connectivity index (χ2n) is 16.7. The third-order valence-electron chi connectivity index (χ3n) is 13.5. The average Bonchev–Trinajstić information content (AvgIpc) is 3.99. The molecule has 1 aromatic heterocycles. The number of hydrogen-bond acceptors (Lipinski definition) is 2. The minimum absolute atomic E-state index is 0.550. The Balaban J connectivity index is 1.07. The first-order valence-corrected chi connectivity index (χ1v) is 21.8. The van der Waals surface area contributed by atoms with E-state index in [2.05, 4.69) is 241 Å². The summed E-state index contributed by atoms with van der Waals surface area (Å²) in [5.41, 5.74) is 21.9. The predicted molar refractivity (Wildman–Crippen MR) is 261 cm³/mol. The maximum Gasteiger partial charge on any atom is 0.143 e.